The van der Waals surface area contributed by atoms with Gasteiger partial charge in [0.15, 0.2) is 0 Å². The molecule has 0 saturated heterocycles. The largest absolute Gasteiger partial charge is 0.324 e. The molecule has 0 aliphatic heterocycles. The Morgan fingerprint density at radius 1 is 1.32 bits per heavy atom. The van der Waals surface area contributed by atoms with Gasteiger partial charge in [-0.2, -0.15) is 5.10 Å². The van der Waals surface area contributed by atoms with Gasteiger partial charge in [-0.25, -0.2) is 0 Å². The molecule has 2 aromatic rings. The van der Waals surface area contributed by atoms with Crippen LogP contribution < -0.4 is 5.73 Å². The maximum Gasteiger partial charge on any atom is 0.130 e. The molecule has 19 heavy (non-hydrogen) atoms. The number of nitrogens with zero attached hydrogens (tertiary/aromatic N) is 2. The van der Waals surface area contributed by atoms with Gasteiger partial charge in [0.05, 0.1) is 5.69 Å². The standard InChI is InChI=1S/C15H20ClN3/c1-9-5-6-10(2)12(7-9)14(17)8-13-11(3)18-19(4)15(13)16/h5-7,14H,8,17H2,1-4H3. The van der Waals surface area contributed by atoms with Crippen LogP contribution in [0.2, 0.25) is 5.15 Å². The van der Waals surface area contributed by atoms with Crippen LogP contribution in [-0.2, 0) is 13.5 Å². The summed E-state index contributed by atoms with van der Waals surface area (Å²) >= 11 is 6.26. The van der Waals surface area contributed by atoms with Gasteiger partial charge in [0.25, 0.3) is 0 Å². The predicted molar refractivity (Wildman–Crippen MR) is 79.5 cm³/mol. The van der Waals surface area contributed by atoms with E-state index in [2.05, 4.69) is 37.1 Å². The van der Waals surface area contributed by atoms with Gasteiger partial charge in [0, 0.05) is 18.7 Å². The lowest BCUT2D eigenvalue weighted by atomic mass is 9.95. The number of aromatic nitrogens is 2. The van der Waals surface area contributed by atoms with E-state index in [0.29, 0.717) is 11.6 Å². The predicted octanol–water partition coefficient (Wildman–Crippen LogP) is 3.24. The Labute approximate surface area is 119 Å². The molecule has 2 rings (SSSR count). The highest BCUT2D eigenvalue weighted by atomic mass is 35.5. The molecule has 4 heteroatoms. The van der Waals surface area contributed by atoms with E-state index < -0.39 is 0 Å². The van der Waals surface area contributed by atoms with E-state index in [1.165, 1.54) is 16.7 Å². The van der Waals surface area contributed by atoms with Gasteiger partial charge in [-0.15, -0.1) is 0 Å². The summed E-state index contributed by atoms with van der Waals surface area (Å²) < 4.78 is 1.70. The maximum absolute atomic E-state index is 6.35. The summed E-state index contributed by atoms with van der Waals surface area (Å²) in [6, 6.07) is 6.32. The van der Waals surface area contributed by atoms with Crippen molar-refractivity contribution in [2.24, 2.45) is 12.8 Å². The normalized spacial score (nSPS) is 12.7. The Morgan fingerprint density at radius 3 is 2.58 bits per heavy atom. The number of nitrogens with two attached hydrogens (primary N) is 1. The number of benzene rings is 1. The van der Waals surface area contributed by atoms with Crippen molar-refractivity contribution in [1.29, 1.82) is 0 Å². The Balaban J connectivity index is 2.30. The van der Waals surface area contributed by atoms with Gasteiger partial charge < -0.3 is 5.73 Å². The molecule has 1 aromatic heterocycles. The number of rotatable bonds is 3. The summed E-state index contributed by atoms with van der Waals surface area (Å²) in [5.74, 6) is 0. The lowest BCUT2D eigenvalue weighted by Gasteiger charge is -2.15. The molecular formula is C15H20ClN3. The average molecular weight is 278 g/mol. The topological polar surface area (TPSA) is 43.8 Å². The van der Waals surface area contributed by atoms with Gasteiger partial charge in [0.1, 0.15) is 5.15 Å². The summed E-state index contributed by atoms with van der Waals surface area (Å²) in [6.07, 6.45) is 0.711. The highest BCUT2D eigenvalue weighted by molar-refractivity contribution is 6.30. The van der Waals surface area contributed by atoms with E-state index in [0.717, 1.165) is 11.3 Å². The summed E-state index contributed by atoms with van der Waals surface area (Å²) in [6.45, 7) is 6.14. The number of halogens is 1. The number of hydrogen-bond acceptors (Lipinski definition) is 2. The third kappa shape index (κ3) is 2.82. The second-order valence-electron chi connectivity index (χ2n) is 5.15. The summed E-state index contributed by atoms with van der Waals surface area (Å²) in [4.78, 5) is 0. The molecule has 1 atom stereocenters. The molecule has 1 aromatic carbocycles. The average Bonchev–Trinajstić information content (AvgIpc) is 2.59. The van der Waals surface area contributed by atoms with Crippen LogP contribution in [0.15, 0.2) is 18.2 Å². The summed E-state index contributed by atoms with van der Waals surface area (Å²) in [5.41, 5.74) is 12.0. The first-order chi connectivity index (χ1) is 8.90. The van der Waals surface area contributed by atoms with E-state index in [1.807, 2.05) is 14.0 Å². The van der Waals surface area contributed by atoms with E-state index in [-0.39, 0.29) is 6.04 Å². The van der Waals surface area contributed by atoms with Crippen LogP contribution >= 0.6 is 11.6 Å². The Morgan fingerprint density at radius 2 is 2.00 bits per heavy atom. The molecule has 0 bridgehead atoms. The first-order valence-electron chi connectivity index (χ1n) is 6.41. The van der Waals surface area contributed by atoms with Crippen molar-refractivity contribution < 1.29 is 0 Å². The smallest absolute Gasteiger partial charge is 0.130 e. The molecule has 0 aliphatic rings. The van der Waals surface area contributed by atoms with Crippen molar-refractivity contribution in [1.82, 2.24) is 9.78 Å². The Kier molecular flexibility index (Phi) is 3.97. The minimum atomic E-state index is -0.0553. The molecule has 0 amide bonds. The second kappa shape index (κ2) is 5.35. The fraction of sp³-hybridized carbons (Fsp3) is 0.400. The van der Waals surface area contributed by atoms with Crippen LogP contribution in [0, 0.1) is 20.8 Å². The zero-order valence-corrected chi connectivity index (χ0v) is 12.6. The highest BCUT2D eigenvalue weighted by Crippen LogP contribution is 2.26. The van der Waals surface area contributed by atoms with Gasteiger partial charge in [0.2, 0.25) is 0 Å². The first kappa shape index (κ1) is 14.1. The highest BCUT2D eigenvalue weighted by Gasteiger charge is 2.17. The van der Waals surface area contributed by atoms with Crippen molar-refractivity contribution >= 4 is 11.6 Å². The van der Waals surface area contributed by atoms with Crippen LogP contribution in [-0.4, -0.2) is 9.78 Å². The zero-order chi connectivity index (χ0) is 14.2. The van der Waals surface area contributed by atoms with Crippen LogP contribution in [0.1, 0.15) is 34.0 Å². The first-order valence-corrected chi connectivity index (χ1v) is 6.78. The SMILES string of the molecule is Cc1ccc(C)c(C(N)Cc2c(C)nn(C)c2Cl)c1. The van der Waals surface area contributed by atoms with Gasteiger partial charge in [-0.05, 0) is 38.3 Å². The number of aryl methyl sites for hydroxylation is 4. The summed E-state index contributed by atoms with van der Waals surface area (Å²) in [5, 5.41) is 5.01. The number of hydrogen-bond donors (Lipinski definition) is 1. The van der Waals surface area contributed by atoms with Crippen molar-refractivity contribution in [2.45, 2.75) is 33.2 Å². The zero-order valence-electron chi connectivity index (χ0n) is 11.9. The molecule has 0 fully saturated rings. The van der Waals surface area contributed by atoms with Gasteiger partial charge in [-0.1, -0.05) is 35.4 Å². The van der Waals surface area contributed by atoms with Crippen molar-refractivity contribution in [3.05, 3.63) is 51.3 Å². The Bertz CT molecular complexity index is 602. The molecule has 0 spiro atoms. The van der Waals surface area contributed by atoms with Crippen molar-refractivity contribution in [2.75, 3.05) is 0 Å². The van der Waals surface area contributed by atoms with Crippen molar-refractivity contribution in [3.63, 3.8) is 0 Å². The molecule has 0 aliphatic carbocycles. The van der Waals surface area contributed by atoms with Crippen LogP contribution in [0.5, 0.6) is 0 Å². The molecule has 3 nitrogen and oxygen atoms in total. The van der Waals surface area contributed by atoms with Crippen LogP contribution in [0.4, 0.5) is 0 Å². The van der Waals surface area contributed by atoms with Crippen LogP contribution in [0.25, 0.3) is 0 Å². The lowest BCUT2D eigenvalue weighted by Crippen LogP contribution is -2.15. The minimum Gasteiger partial charge on any atom is -0.324 e. The fourth-order valence-electron chi connectivity index (χ4n) is 2.40. The Hall–Kier alpha value is -1.32. The van der Waals surface area contributed by atoms with E-state index in [9.17, 15) is 0 Å². The molecular weight excluding hydrogens is 258 g/mol. The monoisotopic (exact) mass is 277 g/mol. The molecule has 102 valence electrons. The molecule has 1 unspecified atom stereocenters. The second-order valence-corrected chi connectivity index (χ2v) is 5.51. The quantitative estimate of drug-likeness (QED) is 0.936. The summed E-state index contributed by atoms with van der Waals surface area (Å²) in [7, 11) is 1.85. The molecule has 0 saturated carbocycles. The maximum atomic E-state index is 6.35. The molecule has 2 N–H and O–H groups in total. The fourth-order valence-corrected chi connectivity index (χ4v) is 2.65. The van der Waals surface area contributed by atoms with E-state index in [1.54, 1.807) is 4.68 Å². The van der Waals surface area contributed by atoms with Gasteiger partial charge >= 0.3 is 0 Å². The van der Waals surface area contributed by atoms with Gasteiger partial charge in [-0.3, -0.25) is 4.68 Å². The molecule has 1 heterocycles. The lowest BCUT2D eigenvalue weighted by molar-refractivity contribution is 0.712. The van der Waals surface area contributed by atoms with E-state index >= 15 is 0 Å². The minimum absolute atomic E-state index is 0.0553. The molecule has 0 radical (unpaired) electrons. The third-order valence-corrected chi connectivity index (χ3v) is 4.00. The third-order valence-electron chi connectivity index (χ3n) is 3.53. The van der Waals surface area contributed by atoms with Crippen LogP contribution in [0.3, 0.4) is 0 Å². The van der Waals surface area contributed by atoms with E-state index in [4.69, 9.17) is 17.3 Å². The van der Waals surface area contributed by atoms with Crippen molar-refractivity contribution in [3.8, 4) is 0 Å².